The third kappa shape index (κ3) is 8.16. The van der Waals surface area contributed by atoms with Gasteiger partial charge in [-0.2, -0.15) is 8.78 Å². The van der Waals surface area contributed by atoms with Crippen molar-refractivity contribution in [3.05, 3.63) is 130 Å². The molecule has 44 heavy (non-hydrogen) atoms. The van der Waals surface area contributed by atoms with Crippen molar-refractivity contribution < 1.29 is 49.0 Å². The molecule has 4 rings (SSSR count). The van der Waals surface area contributed by atoms with Gasteiger partial charge in [0.1, 0.15) is 28.8 Å². The normalized spacial score (nSPS) is 11.8. The molecule has 2 nitrogen and oxygen atoms in total. The number of benzene rings is 4. The van der Waals surface area contributed by atoms with E-state index in [0.29, 0.717) is 23.6 Å². The topological polar surface area (TPSA) is 18.5 Å². The van der Waals surface area contributed by atoms with Gasteiger partial charge in [0.25, 0.3) is 0 Å². The molecule has 0 unspecified atom stereocenters. The Morgan fingerprint density at radius 3 is 1.91 bits per heavy atom. The molecular formula is C33H21F9O2. The maximum atomic E-state index is 14.9. The number of ether oxygens (including phenoxy) is 2. The first-order chi connectivity index (χ1) is 20.8. The summed E-state index contributed by atoms with van der Waals surface area (Å²) in [5.74, 6) is -1.62. The zero-order valence-corrected chi connectivity index (χ0v) is 22.7. The molecule has 228 valence electrons. The quantitative estimate of drug-likeness (QED) is 0.111. The first-order valence-corrected chi connectivity index (χ1v) is 12.9. The third-order valence-electron chi connectivity index (χ3n) is 6.12. The lowest BCUT2D eigenvalue weighted by molar-refractivity contribution is -0.275. The van der Waals surface area contributed by atoms with Crippen LogP contribution in [0, 0.1) is 35.1 Å². The lowest BCUT2D eigenvalue weighted by Gasteiger charge is -2.20. The SMILES string of the molecule is C/C=C/CCc1cc(F)c(C(F)(F)Oc2ccc(-c3ccc(C#Cc4ccc(OC(F)(F)F)c(F)c4)cc3)c(F)c2)c(F)c1. The highest BCUT2D eigenvalue weighted by Crippen LogP contribution is 2.37. The fraction of sp³-hybridized carbons (Fsp3) is 0.152. The fourth-order valence-corrected chi connectivity index (χ4v) is 4.12. The summed E-state index contributed by atoms with van der Waals surface area (Å²) in [6.45, 7) is 1.77. The van der Waals surface area contributed by atoms with Gasteiger partial charge in [-0.25, -0.2) is 17.6 Å². The highest BCUT2D eigenvalue weighted by molar-refractivity contribution is 5.66. The molecule has 0 saturated carbocycles. The number of rotatable bonds is 8. The van der Waals surface area contributed by atoms with Crippen LogP contribution >= 0.6 is 0 Å². The van der Waals surface area contributed by atoms with Crippen LogP contribution in [0.5, 0.6) is 11.5 Å². The number of hydrogen-bond acceptors (Lipinski definition) is 2. The predicted octanol–water partition coefficient (Wildman–Crippen LogP) is 9.85. The van der Waals surface area contributed by atoms with Crippen molar-refractivity contribution in [2.75, 3.05) is 0 Å². The molecule has 0 aliphatic carbocycles. The van der Waals surface area contributed by atoms with E-state index < -0.39 is 52.8 Å². The van der Waals surface area contributed by atoms with Crippen LogP contribution in [0.25, 0.3) is 11.1 Å². The number of alkyl halides is 5. The van der Waals surface area contributed by atoms with E-state index in [1.165, 1.54) is 24.3 Å². The van der Waals surface area contributed by atoms with Crippen LogP contribution in [0.3, 0.4) is 0 Å². The highest BCUT2D eigenvalue weighted by Gasteiger charge is 2.41. The van der Waals surface area contributed by atoms with E-state index in [-0.39, 0.29) is 23.1 Å². The number of aryl methyl sites for hydroxylation is 1. The summed E-state index contributed by atoms with van der Waals surface area (Å²) in [6, 6.07) is 13.0. The summed E-state index contributed by atoms with van der Waals surface area (Å²) < 4.78 is 132. The van der Waals surface area contributed by atoms with Gasteiger partial charge in [0.2, 0.25) is 0 Å². The van der Waals surface area contributed by atoms with Crippen molar-refractivity contribution >= 4 is 0 Å². The van der Waals surface area contributed by atoms with Gasteiger partial charge < -0.3 is 9.47 Å². The molecule has 4 aromatic rings. The Hall–Kier alpha value is -4.85. The summed E-state index contributed by atoms with van der Waals surface area (Å²) in [4.78, 5) is 0. The molecule has 0 bridgehead atoms. The number of hydrogen-bond donors (Lipinski definition) is 0. The lowest BCUT2D eigenvalue weighted by atomic mass is 10.0. The predicted molar refractivity (Wildman–Crippen MR) is 145 cm³/mol. The monoisotopic (exact) mass is 620 g/mol. The standard InChI is InChI=1S/C33H21F9O2/c1-2-3-4-5-22-17-28(36)31(29(37)18-22)32(38,39)43-24-13-14-25(26(34)19-24)23-11-8-20(9-12-23)6-7-21-10-15-30(27(35)16-21)44-33(40,41)42/h2-3,8-19H,4-5H2,1H3/b3-2+. The molecule has 0 heterocycles. The Labute approximate surface area is 246 Å². The minimum atomic E-state index is -5.05. The van der Waals surface area contributed by atoms with Crippen molar-refractivity contribution in [1.29, 1.82) is 0 Å². The lowest BCUT2D eigenvalue weighted by Crippen LogP contribution is -2.25. The average Bonchev–Trinajstić information content (AvgIpc) is 2.92. The van der Waals surface area contributed by atoms with Crippen LogP contribution < -0.4 is 9.47 Å². The van der Waals surface area contributed by atoms with Gasteiger partial charge in [-0.05, 0) is 85.5 Å². The molecule has 0 saturated heterocycles. The van der Waals surface area contributed by atoms with Crippen molar-refractivity contribution in [2.24, 2.45) is 0 Å². The Bertz CT molecular complexity index is 1710. The summed E-state index contributed by atoms with van der Waals surface area (Å²) in [5.41, 5.74) is -0.641. The molecule has 0 aliphatic rings. The molecule has 4 aromatic carbocycles. The molecule has 0 aromatic heterocycles. The van der Waals surface area contributed by atoms with Crippen molar-refractivity contribution in [2.45, 2.75) is 32.2 Å². The van der Waals surface area contributed by atoms with Crippen molar-refractivity contribution in [3.63, 3.8) is 0 Å². The first-order valence-electron chi connectivity index (χ1n) is 12.9. The molecule has 0 aliphatic heterocycles. The molecule has 0 atom stereocenters. The van der Waals surface area contributed by atoms with Gasteiger partial charge >= 0.3 is 12.5 Å². The van der Waals surface area contributed by atoms with Crippen LogP contribution in [0.1, 0.15) is 35.6 Å². The minimum Gasteiger partial charge on any atom is -0.429 e. The van der Waals surface area contributed by atoms with E-state index in [4.69, 9.17) is 0 Å². The Morgan fingerprint density at radius 1 is 0.682 bits per heavy atom. The minimum absolute atomic E-state index is 0.00894. The molecule has 0 N–H and O–H groups in total. The summed E-state index contributed by atoms with van der Waals surface area (Å²) >= 11 is 0. The summed E-state index contributed by atoms with van der Waals surface area (Å²) in [7, 11) is 0. The van der Waals surface area contributed by atoms with Gasteiger partial charge in [0.05, 0.1) is 0 Å². The van der Waals surface area contributed by atoms with E-state index in [1.54, 1.807) is 19.1 Å². The molecular weight excluding hydrogens is 599 g/mol. The van der Waals surface area contributed by atoms with E-state index in [1.807, 2.05) is 0 Å². The Morgan fingerprint density at radius 2 is 1.32 bits per heavy atom. The smallest absolute Gasteiger partial charge is 0.429 e. The largest absolute Gasteiger partial charge is 0.573 e. The number of allylic oxidation sites excluding steroid dienone is 2. The van der Waals surface area contributed by atoms with E-state index in [0.717, 1.165) is 42.5 Å². The molecule has 0 radical (unpaired) electrons. The van der Waals surface area contributed by atoms with Gasteiger partial charge in [0, 0.05) is 22.8 Å². The molecule has 0 amide bonds. The van der Waals surface area contributed by atoms with Crippen LogP contribution in [0.4, 0.5) is 39.5 Å². The van der Waals surface area contributed by atoms with Crippen LogP contribution in [-0.2, 0) is 12.5 Å². The zero-order chi connectivity index (χ0) is 32.1. The van der Waals surface area contributed by atoms with Gasteiger partial charge in [-0.1, -0.05) is 36.1 Å². The zero-order valence-electron chi connectivity index (χ0n) is 22.7. The second-order valence-corrected chi connectivity index (χ2v) is 9.32. The maximum absolute atomic E-state index is 14.9. The van der Waals surface area contributed by atoms with Gasteiger partial charge in [0.15, 0.2) is 11.6 Å². The maximum Gasteiger partial charge on any atom is 0.573 e. The van der Waals surface area contributed by atoms with Crippen LogP contribution in [-0.4, -0.2) is 6.36 Å². The van der Waals surface area contributed by atoms with Gasteiger partial charge in [-0.3, -0.25) is 0 Å². The average molecular weight is 621 g/mol. The van der Waals surface area contributed by atoms with E-state index >= 15 is 0 Å². The van der Waals surface area contributed by atoms with Crippen LogP contribution in [0.2, 0.25) is 0 Å². The third-order valence-corrected chi connectivity index (χ3v) is 6.12. The van der Waals surface area contributed by atoms with Gasteiger partial charge in [-0.15, -0.1) is 13.2 Å². The summed E-state index contributed by atoms with van der Waals surface area (Å²) in [6.07, 6.45) is -5.28. The highest BCUT2D eigenvalue weighted by atomic mass is 19.4. The second-order valence-electron chi connectivity index (χ2n) is 9.32. The van der Waals surface area contributed by atoms with Crippen molar-refractivity contribution in [1.82, 2.24) is 0 Å². The molecule has 0 spiro atoms. The number of halogens is 9. The first kappa shape index (κ1) is 32.1. The Balaban J connectivity index is 1.47. The summed E-state index contributed by atoms with van der Waals surface area (Å²) in [5, 5.41) is 0. The van der Waals surface area contributed by atoms with E-state index in [2.05, 4.69) is 21.3 Å². The second kappa shape index (κ2) is 13.2. The molecule has 11 heteroatoms. The van der Waals surface area contributed by atoms with Crippen LogP contribution in [0.15, 0.2) is 84.9 Å². The fourth-order valence-electron chi connectivity index (χ4n) is 4.12. The van der Waals surface area contributed by atoms with E-state index in [9.17, 15) is 39.5 Å². The van der Waals surface area contributed by atoms with Crippen molar-refractivity contribution in [3.8, 4) is 34.5 Å². The Kier molecular flexibility index (Phi) is 9.62. The molecule has 0 fully saturated rings.